The first kappa shape index (κ1) is 10.7. The largest absolute Gasteiger partial charge is 0.508 e. The van der Waals surface area contributed by atoms with Crippen molar-refractivity contribution < 1.29 is 18.4 Å². The molecule has 1 N–H and O–H groups in total. The molecular weight excluding hydrogens is 234 g/mol. The molecule has 1 aromatic carbocycles. The topological polar surface area (TPSA) is 97.5 Å². The summed E-state index contributed by atoms with van der Waals surface area (Å²) in [5, 5.41) is 19.3. The van der Waals surface area contributed by atoms with E-state index in [4.69, 9.17) is 15.8 Å². The van der Waals surface area contributed by atoms with E-state index in [0.29, 0.717) is 0 Å². The van der Waals surface area contributed by atoms with E-state index >= 15 is 0 Å². The maximum Gasteiger partial charge on any atom is 0.274 e. The third-order valence-corrected chi connectivity index (χ3v) is 2.70. The fraction of sp³-hybridized carbons (Fsp3) is 0. The average Bonchev–Trinajstić information content (AvgIpc) is 2.01. The molecular formula is C6H4ClNO5S. The van der Waals surface area contributed by atoms with Crippen LogP contribution in [0.25, 0.3) is 0 Å². The summed E-state index contributed by atoms with van der Waals surface area (Å²) >= 11 is 0. The van der Waals surface area contributed by atoms with Gasteiger partial charge in [0.1, 0.15) is 5.75 Å². The summed E-state index contributed by atoms with van der Waals surface area (Å²) < 4.78 is 21.6. The zero-order valence-corrected chi connectivity index (χ0v) is 8.12. The molecule has 1 aromatic rings. The molecule has 0 saturated carbocycles. The van der Waals surface area contributed by atoms with E-state index in [9.17, 15) is 18.5 Å². The van der Waals surface area contributed by atoms with E-state index in [0.717, 1.165) is 18.2 Å². The summed E-state index contributed by atoms with van der Waals surface area (Å²) in [6, 6.07) is 2.42. The lowest BCUT2D eigenvalue weighted by Gasteiger charge is -1.97. The Labute approximate surface area is 83.3 Å². The van der Waals surface area contributed by atoms with Gasteiger partial charge in [-0.05, 0) is 0 Å². The van der Waals surface area contributed by atoms with Gasteiger partial charge in [-0.1, -0.05) is 0 Å². The van der Waals surface area contributed by atoms with Gasteiger partial charge in [-0.2, -0.15) is 0 Å². The molecule has 1 rings (SSSR count). The lowest BCUT2D eigenvalue weighted by molar-refractivity contribution is -0.385. The highest BCUT2D eigenvalue weighted by molar-refractivity contribution is 8.13. The first-order valence-electron chi connectivity index (χ1n) is 3.24. The van der Waals surface area contributed by atoms with Crippen molar-refractivity contribution >= 4 is 25.4 Å². The normalized spacial score (nSPS) is 11.2. The predicted molar refractivity (Wildman–Crippen MR) is 47.8 cm³/mol. The van der Waals surface area contributed by atoms with Crippen molar-refractivity contribution in [3.05, 3.63) is 28.3 Å². The monoisotopic (exact) mass is 237 g/mol. The van der Waals surface area contributed by atoms with E-state index in [2.05, 4.69) is 0 Å². The van der Waals surface area contributed by atoms with Crippen LogP contribution in [0.5, 0.6) is 5.75 Å². The van der Waals surface area contributed by atoms with Gasteiger partial charge < -0.3 is 5.11 Å². The molecule has 6 nitrogen and oxygen atoms in total. The third kappa shape index (κ3) is 2.33. The van der Waals surface area contributed by atoms with Crippen molar-refractivity contribution in [3.8, 4) is 5.75 Å². The summed E-state index contributed by atoms with van der Waals surface area (Å²) in [5.74, 6) is -0.529. The molecule has 0 heterocycles. The second-order valence-electron chi connectivity index (χ2n) is 2.38. The van der Waals surface area contributed by atoms with Gasteiger partial charge in [-0.3, -0.25) is 10.1 Å². The van der Waals surface area contributed by atoms with E-state index < -0.39 is 30.3 Å². The number of nitrogens with zero attached hydrogens (tertiary/aromatic N) is 1. The maximum absolute atomic E-state index is 10.8. The van der Waals surface area contributed by atoms with Crippen molar-refractivity contribution in [1.29, 1.82) is 0 Å². The lowest BCUT2D eigenvalue weighted by Crippen LogP contribution is -1.94. The molecule has 0 amide bonds. The highest BCUT2D eigenvalue weighted by atomic mass is 35.7. The van der Waals surface area contributed by atoms with E-state index in [1.54, 1.807) is 0 Å². The van der Waals surface area contributed by atoms with Crippen molar-refractivity contribution in [2.75, 3.05) is 0 Å². The number of hydrogen-bond acceptors (Lipinski definition) is 5. The SMILES string of the molecule is O=[N+]([O-])c1cc(O)cc(S(=O)(=O)Cl)c1. The highest BCUT2D eigenvalue weighted by Crippen LogP contribution is 2.26. The van der Waals surface area contributed by atoms with Crippen molar-refractivity contribution in [1.82, 2.24) is 0 Å². The molecule has 0 fully saturated rings. The summed E-state index contributed by atoms with van der Waals surface area (Å²) in [6.07, 6.45) is 0. The summed E-state index contributed by atoms with van der Waals surface area (Å²) in [6.45, 7) is 0. The minimum atomic E-state index is -4.07. The zero-order valence-electron chi connectivity index (χ0n) is 6.55. The third-order valence-electron chi connectivity index (χ3n) is 1.37. The molecule has 0 atom stereocenters. The maximum atomic E-state index is 10.8. The Kier molecular flexibility index (Phi) is 2.63. The molecule has 14 heavy (non-hydrogen) atoms. The summed E-state index contributed by atoms with van der Waals surface area (Å²) in [5.41, 5.74) is -0.538. The van der Waals surface area contributed by atoms with Crippen molar-refractivity contribution in [2.45, 2.75) is 4.90 Å². The van der Waals surface area contributed by atoms with Gasteiger partial charge in [-0.25, -0.2) is 8.42 Å². The number of benzene rings is 1. The van der Waals surface area contributed by atoms with E-state index in [1.165, 1.54) is 0 Å². The van der Waals surface area contributed by atoms with Crippen LogP contribution >= 0.6 is 10.7 Å². The molecule has 0 bridgehead atoms. The number of aromatic hydroxyl groups is 1. The van der Waals surface area contributed by atoms with Crippen LogP contribution in [-0.4, -0.2) is 18.4 Å². The van der Waals surface area contributed by atoms with Gasteiger partial charge in [0.15, 0.2) is 0 Å². The molecule has 8 heteroatoms. The Balaban J connectivity index is 3.43. The fourth-order valence-electron chi connectivity index (χ4n) is 0.814. The molecule has 0 radical (unpaired) electrons. The molecule has 76 valence electrons. The molecule has 0 spiro atoms. The number of non-ortho nitro benzene ring substituents is 1. The van der Waals surface area contributed by atoms with Gasteiger partial charge in [0.25, 0.3) is 14.7 Å². The Morgan fingerprint density at radius 3 is 2.36 bits per heavy atom. The Morgan fingerprint density at radius 1 is 1.36 bits per heavy atom. The van der Waals surface area contributed by atoms with Crippen LogP contribution in [0.1, 0.15) is 0 Å². The quantitative estimate of drug-likeness (QED) is 0.474. The second kappa shape index (κ2) is 3.43. The van der Waals surface area contributed by atoms with Crippen LogP contribution in [0.2, 0.25) is 0 Å². The fourth-order valence-corrected chi connectivity index (χ4v) is 1.60. The minimum Gasteiger partial charge on any atom is -0.508 e. The number of phenols is 1. The number of hydrogen-bond donors (Lipinski definition) is 1. The number of rotatable bonds is 2. The van der Waals surface area contributed by atoms with Crippen molar-refractivity contribution in [3.63, 3.8) is 0 Å². The average molecular weight is 238 g/mol. The molecule has 0 aromatic heterocycles. The standard InChI is InChI=1S/C6H4ClNO5S/c7-14(12,13)6-2-4(8(10)11)1-5(9)3-6/h1-3,9H. The van der Waals surface area contributed by atoms with Gasteiger partial charge in [0.05, 0.1) is 15.9 Å². The molecule has 0 aliphatic rings. The molecule has 0 aliphatic carbocycles. The van der Waals surface area contributed by atoms with Gasteiger partial charge in [-0.15, -0.1) is 0 Å². The van der Waals surface area contributed by atoms with E-state index in [-0.39, 0.29) is 0 Å². The Morgan fingerprint density at radius 2 is 1.93 bits per heavy atom. The summed E-state index contributed by atoms with van der Waals surface area (Å²) in [7, 11) is 0.872. The number of nitro groups is 1. The van der Waals surface area contributed by atoms with Gasteiger partial charge >= 0.3 is 0 Å². The summed E-state index contributed by atoms with van der Waals surface area (Å²) in [4.78, 5) is 8.95. The number of nitro benzene ring substituents is 1. The molecule has 0 saturated heterocycles. The Hall–Kier alpha value is -1.34. The number of phenolic OH excluding ortho intramolecular Hbond substituents is 1. The predicted octanol–water partition coefficient (Wildman–Crippen LogP) is 1.23. The van der Waals surface area contributed by atoms with Gasteiger partial charge in [0, 0.05) is 22.8 Å². The van der Waals surface area contributed by atoms with Crippen molar-refractivity contribution in [2.24, 2.45) is 0 Å². The minimum absolute atomic E-state index is 0.508. The van der Waals surface area contributed by atoms with Crippen LogP contribution in [-0.2, 0) is 9.05 Å². The highest BCUT2D eigenvalue weighted by Gasteiger charge is 2.17. The van der Waals surface area contributed by atoms with Gasteiger partial charge in [0.2, 0.25) is 0 Å². The lowest BCUT2D eigenvalue weighted by atomic mass is 10.3. The molecule has 0 unspecified atom stereocenters. The van der Waals surface area contributed by atoms with Crippen LogP contribution in [0, 0.1) is 10.1 Å². The first-order valence-corrected chi connectivity index (χ1v) is 5.55. The van der Waals surface area contributed by atoms with Crippen LogP contribution in [0.4, 0.5) is 5.69 Å². The number of halogens is 1. The van der Waals surface area contributed by atoms with Crippen LogP contribution in [0.15, 0.2) is 23.1 Å². The first-order chi connectivity index (χ1) is 6.30. The smallest absolute Gasteiger partial charge is 0.274 e. The van der Waals surface area contributed by atoms with Crippen LogP contribution in [0.3, 0.4) is 0 Å². The Bertz CT molecular complexity index is 483. The van der Waals surface area contributed by atoms with E-state index in [1.807, 2.05) is 0 Å². The molecule has 0 aliphatic heterocycles. The van der Waals surface area contributed by atoms with Crippen LogP contribution < -0.4 is 0 Å². The second-order valence-corrected chi connectivity index (χ2v) is 4.95. The zero-order chi connectivity index (χ0) is 10.9.